The minimum Gasteiger partial charge on any atom is -0.353 e. The fourth-order valence-corrected chi connectivity index (χ4v) is 4.58. The number of quaternary nitrogens is 1. The molecule has 1 unspecified atom stereocenters. The van der Waals surface area contributed by atoms with Gasteiger partial charge in [-0.25, -0.2) is 9.07 Å². The average Bonchev–Trinajstić information content (AvgIpc) is 3.10. The summed E-state index contributed by atoms with van der Waals surface area (Å²) in [6.45, 7) is 6.86. The predicted octanol–water partition coefficient (Wildman–Crippen LogP) is 0.902. The van der Waals surface area contributed by atoms with Crippen LogP contribution in [-0.2, 0) is 11.3 Å². The first-order chi connectivity index (χ1) is 13.0. The molecule has 3 saturated heterocycles. The number of hydrogen-bond acceptors (Lipinski definition) is 3. The van der Waals surface area contributed by atoms with Crippen molar-refractivity contribution in [1.82, 2.24) is 20.3 Å². The Kier molecular flexibility index (Phi) is 4.95. The Morgan fingerprint density at radius 3 is 2.81 bits per heavy atom. The van der Waals surface area contributed by atoms with Gasteiger partial charge < -0.3 is 10.2 Å². The van der Waals surface area contributed by atoms with Crippen molar-refractivity contribution >= 4 is 5.91 Å². The third kappa shape index (κ3) is 3.88. The molecule has 144 valence electrons. The molecule has 1 aromatic carbocycles. The van der Waals surface area contributed by atoms with E-state index >= 15 is 0 Å². The summed E-state index contributed by atoms with van der Waals surface area (Å²) in [5.74, 6) is 0.561. The van der Waals surface area contributed by atoms with Crippen LogP contribution in [0.2, 0.25) is 0 Å². The van der Waals surface area contributed by atoms with Crippen LogP contribution in [0, 0.1) is 17.7 Å². The van der Waals surface area contributed by atoms with Crippen LogP contribution in [0.3, 0.4) is 0 Å². The number of nitrogens with one attached hydrogen (secondary N) is 2. The number of benzene rings is 1. The second-order valence-corrected chi connectivity index (χ2v) is 8.20. The van der Waals surface area contributed by atoms with Crippen LogP contribution < -0.4 is 10.2 Å². The van der Waals surface area contributed by atoms with Crippen molar-refractivity contribution in [3.63, 3.8) is 0 Å². The predicted molar refractivity (Wildman–Crippen MR) is 99.4 cm³/mol. The standard InChI is InChI=1S/C20H26FN5O/c1-13(2)22-20(27)18-11-25-8-7-15(18)9-17(25)10-26-12-19(23-24-26)14-3-5-16(21)6-4-14/h3-6,12-13,15,17-18H,7-11H2,1-2H3,(H,22,27)/p+1/t15-,17-,18+/m1/s1. The van der Waals surface area contributed by atoms with Gasteiger partial charge in [-0.1, -0.05) is 5.21 Å². The zero-order chi connectivity index (χ0) is 19.0. The molecule has 1 aromatic heterocycles. The zero-order valence-electron chi connectivity index (χ0n) is 15.9. The Balaban J connectivity index is 1.40. The molecule has 3 fully saturated rings. The van der Waals surface area contributed by atoms with E-state index in [2.05, 4.69) is 15.6 Å². The summed E-state index contributed by atoms with van der Waals surface area (Å²) in [6.07, 6.45) is 4.11. The number of halogens is 1. The molecule has 2 bridgehead atoms. The van der Waals surface area contributed by atoms with Gasteiger partial charge in [0.15, 0.2) is 0 Å². The van der Waals surface area contributed by atoms with Gasteiger partial charge in [-0.15, -0.1) is 5.10 Å². The summed E-state index contributed by atoms with van der Waals surface area (Å²) in [5, 5.41) is 11.6. The maximum Gasteiger partial charge on any atom is 0.229 e. The molecule has 0 saturated carbocycles. The minimum absolute atomic E-state index is 0.137. The number of aromatic nitrogens is 3. The third-order valence-electron chi connectivity index (χ3n) is 5.91. The fourth-order valence-electron chi connectivity index (χ4n) is 4.58. The van der Waals surface area contributed by atoms with Crippen LogP contribution in [0.5, 0.6) is 0 Å². The summed E-state index contributed by atoms with van der Waals surface area (Å²) in [6, 6.07) is 6.98. The smallest absolute Gasteiger partial charge is 0.229 e. The average molecular weight is 372 g/mol. The molecule has 2 aromatic rings. The van der Waals surface area contributed by atoms with Crippen LogP contribution in [0.25, 0.3) is 11.3 Å². The largest absolute Gasteiger partial charge is 0.353 e. The molecule has 3 aliphatic rings. The monoisotopic (exact) mass is 372 g/mol. The van der Waals surface area contributed by atoms with Gasteiger partial charge in [0.25, 0.3) is 0 Å². The van der Waals surface area contributed by atoms with Gasteiger partial charge in [0.2, 0.25) is 5.91 Å². The molecule has 7 heteroatoms. The van der Waals surface area contributed by atoms with Gasteiger partial charge in [-0.3, -0.25) is 4.79 Å². The van der Waals surface area contributed by atoms with Crippen molar-refractivity contribution in [1.29, 1.82) is 0 Å². The van der Waals surface area contributed by atoms with Crippen molar-refractivity contribution in [2.75, 3.05) is 13.1 Å². The summed E-state index contributed by atoms with van der Waals surface area (Å²) in [7, 11) is 0. The van der Waals surface area contributed by atoms with Gasteiger partial charge in [0.1, 0.15) is 17.6 Å². The van der Waals surface area contributed by atoms with Crippen LogP contribution in [0.4, 0.5) is 4.39 Å². The van der Waals surface area contributed by atoms with E-state index in [0.29, 0.717) is 12.0 Å². The van der Waals surface area contributed by atoms with Crippen LogP contribution >= 0.6 is 0 Å². The number of nitrogens with zero attached hydrogens (tertiary/aromatic N) is 3. The van der Waals surface area contributed by atoms with Crippen molar-refractivity contribution < 1.29 is 14.1 Å². The third-order valence-corrected chi connectivity index (χ3v) is 5.91. The second-order valence-electron chi connectivity index (χ2n) is 8.20. The first kappa shape index (κ1) is 18.1. The van der Waals surface area contributed by atoms with E-state index in [0.717, 1.165) is 43.7 Å². The highest BCUT2D eigenvalue weighted by Crippen LogP contribution is 2.28. The number of piperidine rings is 3. The highest BCUT2D eigenvalue weighted by molar-refractivity contribution is 5.79. The van der Waals surface area contributed by atoms with E-state index in [1.165, 1.54) is 17.0 Å². The van der Waals surface area contributed by atoms with Gasteiger partial charge in [-0.2, -0.15) is 0 Å². The Morgan fingerprint density at radius 2 is 2.15 bits per heavy atom. The highest BCUT2D eigenvalue weighted by atomic mass is 19.1. The summed E-state index contributed by atoms with van der Waals surface area (Å²) in [4.78, 5) is 14.0. The van der Waals surface area contributed by atoms with Gasteiger partial charge >= 0.3 is 0 Å². The van der Waals surface area contributed by atoms with Gasteiger partial charge in [0.05, 0.1) is 31.7 Å². The molecule has 3 aliphatic heterocycles. The molecule has 0 radical (unpaired) electrons. The molecule has 2 N–H and O–H groups in total. The molecule has 1 amide bonds. The van der Waals surface area contributed by atoms with E-state index in [1.54, 1.807) is 12.1 Å². The number of carbonyl (C=O) groups is 1. The number of amides is 1. The van der Waals surface area contributed by atoms with Crippen LogP contribution in [0.15, 0.2) is 30.5 Å². The molecular weight excluding hydrogens is 345 g/mol. The maximum atomic E-state index is 13.1. The summed E-state index contributed by atoms with van der Waals surface area (Å²) >= 11 is 0. The molecule has 0 aliphatic carbocycles. The quantitative estimate of drug-likeness (QED) is 0.820. The lowest BCUT2D eigenvalue weighted by Crippen LogP contribution is -3.20. The lowest BCUT2D eigenvalue weighted by Gasteiger charge is -2.46. The summed E-state index contributed by atoms with van der Waals surface area (Å²) < 4.78 is 15.0. The normalized spacial score (nSPS) is 27.1. The highest BCUT2D eigenvalue weighted by Gasteiger charge is 2.46. The number of rotatable bonds is 5. The van der Waals surface area contributed by atoms with E-state index in [-0.39, 0.29) is 23.7 Å². The Morgan fingerprint density at radius 1 is 1.37 bits per heavy atom. The SMILES string of the molecule is CC(C)NC(=O)[C@H]1C[NH+]2CC[C@@H]1C[C@@H]2Cn1cc(-c2ccc(F)cc2)nn1. The van der Waals surface area contributed by atoms with Gasteiger partial charge in [-0.05, 0) is 44.0 Å². The van der Waals surface area contributed by atoms with Crippen molar-refractivity contribution in [2.45, 2.75) is 45.3 Å². The molecule has 6 nitrogen and oxygen atoms in total. The van der Waals surface area contributed by atoms with E-state index in [9.17, 15) is 9.18 Å². The first-order valence-electron chi connectivity index (χ1n) is 9.80. The van der Waals surface area contributed by atoms with Crippen molar-refractivity contribution in [3.05, 3.63) is 36.3 Å². The fraction of sp³-hybridized carbons (Fsp3) is 0.550. The number of fused-ring (bicyclic) bond motifs is 3. The number of hydrogen-bond donors (Lipinski definition) is 2. The Hall–Kier alpha value is -2.28. The van der Waals surface area contributed by atoms with Crippen LogP contribution in [0.1, 0.15) is 26.7 Å². The topological polar surface area (TPSA) is 64.2 Å². The molecule has 4 atom stereocenters. The van der Waals surface area contributed by atoms with E-state index in [4.69, 9.17) is 0 Å². The minimum atomic E-state index is -0.253. The molecular formula is C20H27FN5O+. The summed E-state index contributed by atoms with van der Waals surface area (Å²) in [5.41, 5.74) is 1.63. The van der Waals surface area contributed by atoms with Gasteiger partial charge in [0, 0.05) is 24.4 Å². The molecule has 27 heavy (non-hydrogen) atoms. The molecule has 0 spiro atoms. The van der Waals surface area contributed by atoms with E-state index in [1.807, 2.05) is 24.7 Å². The van der Waals surface area contributed by atoms with Crippen LogP contribution in [-0.4, -0.2) is 46.1 Å². The number of carbonyl (C=O) groups excluding carboxylic acids is 1. The first-order valence-corrected chi connectivity index (χ1v) is 9.80. The molecule has 4 heterocycles. The lowest BCUT2D eigenvalue weighted by molar-refractivity contribution is -0.945. The zero-order valence-corrected chi connectivity index (χ0v) is 15.9. The van der Waals surface area contributed by atoms with E-state index < -0.39 is 0 Å². The Bertz CT molecular complexity index is 803. The maximum absolute atomic E-state index is 13.1. The lowest BCUT2D eigenvalue weighted by atomic mass is 9.75. The van der Waals surface area contributed by atoms with Crippen molar-refractivity contribution in [3.8, 4) is 11.3 Å². The van der Waals surface area contributed by atoms with Crippen molar-refractivity contribution in [2.24, 2.45) is 11.8 Å². The molecule has 5 rings (SSSR count). The second kappa shape index (κ2) is 7.38. The Labute approximate surface area is 158 Å².